The Morgan fingerprint density at radius 2 is 2.25 bits per heavy atom. The summed E-state index contributed by atoms with van der Waals surface area (Å²) in [5.41, 5.74) is 1.44. The molecular formula is C10H16N2. The predicted molar refractivity (Wildman–Crippen MR) is 49.3 cm³/mol. The average molecular weight is 164 g/mol. The van der Waals surface area contributed by atoms with Crippen LogP contribution in [0.3, 0.4) is 0 Å². The maximum atomic E-state index is 4.46. The molecule has 1 aromatic heterocycles. The second-order valence-electron chi connectivity index (χ2n) is 3.87. The Morgan fingerprint density at radius 3 is 3.00 bits per heavy atom. The van der Waals surface area contributed by atoms with Crippen LogP contribution in [0.4, 0.5) is 0 Å². The summed E-state index contributed by atoms with van der Waals surface area (Å²) < 4.78 is 2.40. The van der Waals surface area contributed by atoms with E-state index in [1.807, 2.05) is 0 Å². The van der Waals surface area contributed by atoms with Crippen molar-refractivity contribution in [3.63, 3.8) is 0 Å². The molecule has 66 valence electrons. The second-order valence-corrected chi connectivity index (χ2v) is 3.87. The molecule has 2 heterocycles. The standard InChI is InChI=1S/C10H16N2/c1-8(2)10-11-7-9-5-3-4-6-12(9)10/h7-8H,3-6H2,1-2H3. The molecule has 0 spiro atoms. The summed E-state index contributed by atoms with van der Waals surface area (Å²) in [6, 6.07) is 0. The molecular weight excluding hydrogens is 148 g/mol. The Hall–Kier alpha value is -0.790. The van der Waals surface area contributed by atoms with Gasteiger partial charge < -0.3 is 4.57 Å². The van der Waals surface area contributed by atoms with E-state index < -0.39 is 0 Å². The van der Waals surface area contributed by atoms with Crippen LogP contribution in [0.15, 0.2) is 6.20 Å². The summed E-state index contributed by atoms with van der Waals surface area (Å²) in [4.78, 5) is 4.46. The molecule has 0 radical (unpaired) electrons. The number of hydrogen-bond acceptors (Lipinski definition) is 1. The minimum Gasteiger partial charge on any atom is -0.332 e. The van der Waals surface area contributed by atoms with Crippen molar-refractivity contribution in [3.8, 4) is 0 Å². The minimum absolute atomic E-state index is 0.567. The fourth-order valence-corrected chi connectivity index (χ4v) is 1.92. The lowest BCUT2D eigenvalue weighted by Crippen LogP contribution is -2.13. The molecule has 0 amide bonds. The van der Waals surface area contributed by atoms with E-state index in [9.17, 15) is 0 Å². The van der Waals surface area contributed by atoms with Gasteiger partial charge in [0.15, 0.2) is 0 Å². The fraction of sp³-hybridized carbons (Fsp3) is 0.700. The molecule has 0 fully saturated rings. The van der Waals surface area contributed by atoms with Crippen molar-refractivity contribution >= 4 is 0 Å². The highest BCUT2D eigenvalue weighted by atomic mass is 15.1. The number of aryl methyl sites for hydroxylation is 1. The minimum atomic E-state index is 0.567. The Bertz CT molecular complexity index is 273. The number of rotatable bonds is 1. The average Bonchev–Trinajstić information content (AvgIpc) is 2.47. The molecule has 0 saturated heterocycles. The summed E-state index contributed by atoms with van der Waals surface area (Å²) in [5.74, 6) is 1.83. The van der Waals surface area contributed by atoms with Gasteiger partial charge in [-0.1, -0.05) is 13.8 Å². The van der Waals surface area contributed by atoms with E-state index in [1.54, 1.807) is 0 Å². The van der Waals surface area contributed by atoms with E-state index in [0.29, 0.717) is 5.92 Å². The number of fused-ring (bicyclic) bond motifs is 1. The van der Waals surface area contributed by atoms with Crippen LogP contribution in [0.5, 0.6) is 0 Å². The van der Waals surface area contributed by atoms with Gasteiger partial charge >= 0.3 is 0 Å². The molecule has 1 aliphatic rings. The van der Waals surface area contributed by atoms with Gasteiger partial charge in [0.25, 0.3) is 0 Å². The highest BCUT2D eigenvalue weighted by molar-refractivity contribution is 5.10. The first kappa shape index (κ1) is 7.84. The quantitative estimate of drug-likeness (QED) is 0.623. The number of nitrogens with zero attached hydrogens (tertiary/aromatic N) is 2. The van der Waals surface area contributed by atoms with Crippen LogP contribution in [-0.4, -0.2) is 9.55 Å². The maximum absolute atomic E-state index is 4.46. The zero-order valence-electron chi connectivity index (χ0n) is 7.88. The van der Waals surface area contributed by atoms with Crippen LogP contribution in [0, 0.1) is 0 Å². The molecule has 1 aliphatic heterocycles. The molecule has 12 heavy (non-hydrogen) atoms. The molecule has 0 aliphatic carbocycles. The van der Waals surface area contributed by atoms with E-state index in [4.69, 9.17) is 0 Å². The van der Waals surface area contributed by atoms with Crippen molar-refractivity contribution in [1.29, 1.82) is 0 Å². The lowest BCUT2D eigenvalue weighted by molar-refractivity contribution is 0.504. The number of imidazole rings is 1. The predicted octanol–water partition coefficient (Wildman–Crippen LogP) is 2.34. The topological polar surface area (TPSA) is 17.8 Å². The molecule has 0 unspecified atom stereocenters. The smallest absolute Gasteiger partial charge is 0.111 e. The van der Waals surface area contributed by atoms with Gasteiger partial charge in [0.1, 0.15) is 5.82 Å². The molecule has 2 nitrogen and oxygen atoms in total. The van der Waals surface area contributed by atoms with Crippen molar-refractivity contribution in [2.75, 3.05) is 0 Å². The molecule has 1 aromatic rings. The van der Waals surface area contributed by atoms with Crippen LogP contribution in [0.2, 0.25) is 0 Å². The third kappa shape index (κ3) is 1.15. The molecule has 0 N–H and O–H groups in total. The molecule has 2 heteroatoms. The van der Waals surface area contributed by atoms with Gasteiger partial charge in [0, 0.05) is 24.4 Å². The first-order chi connectivity index (χ1) is 5.79. The lowest BCUT2D eigenvalue weighted by atomic mass is 10.1. The van der Waals surface area contributed by atoms with Gasteiger partial charge in [-0.2, -0.15) is 0 Å². The van der Waals surface area contributed by atoms with E-state index in [2.05, 4.69) is 29.6 Å². The SMILES string of the molecule is CC(C)c1ncc2n1CCCC2. The van der Waals surface area contributed by atoms with E-state index in [-0.39, 0.29) is 0 Å². The van der Waals surface area contributed by atoms with Crippen LogP contribution in [0.1, 0.15) is 44.1 Å². The largest absolute Gasteiger partial charge is 0.332 e. The highest BCUT2D eigenvalue weighted by Crippen LogP contribution is 2.21. The third-order valence-electron chi connectivity index (χ3n) is 2.55. The summed E-state index contributed by atoms with van der Waals surface area (Å²) in [7, 11) is 0. The molecule has 0 saturated carbocycles. The van der Waals surface area contributed by atoms with Crippen molar-refractivity contribution in [1.82, 2.24) is 9.55 Å². The van der Waals surface area contributed by atoms with Gasteiger partial charge in [-0.05, 0) is 19.3 Å². The number of hydrogen-bond donors (Lipinski definition) is 0. The number of aromatic nitrogens is 2. The third-order valence-corrected chi connectivity index (χ3v) is 2.55. The molecule has 0 aromatic carbocycles. The summed E-state index contributed by atoms with van der Waals surface area (Å²) >= 11 is 0. The van der Waals surface area contributed by atoms with E-state index >= 15 is 0 Å². The molecule has 2 rings (SSSR count). The molecule has 0 atom stereocenters. The maximum Gasteiger partial charge on any atom is 0.111 e. The van der Waals surface area contributed by atoms with Crippen LogP contribution < -0.4 is 0 Å². The van der Waals surface area contributed by atoms with Gasteiger partial charge in [-0.3, -0.25) is 0 Å². The van der Waals surface area contributed by atoms with Gasteiger partial charge in [-0.15, -0.1) is 0 Å². The van der Waals surface area contributed by atoms with Gasteiger partial charge in [0.2, 0.25) is 0 Å². The Balaban J connectivity index is 2.38. The van der Waals surface area contributed by atoms with Crippen LogP contribution in [-0.2, 0) is 13.0 Å². The van der Waals surface area contributed by atoms with Crippen molar-refractivity contribution in [2.45, 2.75) is 45.6 Å². The van der Waals surface area contributed by atoms with Crippen molar-refractivity contribution in [3.05, 3.63) is 17.7 Å². The fourth-order valence-electron chi connectivity index (χ4n) is 1.92. The first-order valence-corrected chi connectivity index (χ1v) is 4.83. The molecule has 0 bridgehead atoms. The van der Waals surface area contributed by atoms with Crippen LogP contribution >= 0.6 is 0 Å². The lowest BCUT2D eigenvalue weighted by Gasteiger charge is -2.17. The highest BCUT2D eigenvalue weighted by Gasteiger charge is 2.15. The van der Waals surface area contributed by atoms with E-state index in [1.165, 1.54) is 37.3 Å². The normalized spacial score (nSPS) is 16.6. The Morgan fingerprint density at radius 1 is 1.42 bits per heavy atom. The van der Waals surface area contributed by atoms with Gasteiger partial charge in [0.05, 0.1) is 0 Å². The first-order valence-electron chi connectivity index (χ1n) is 4.83. The Labute approximate surface area is 73.6 Å². The van der Waals surface area contributed by atoms with Crippen molar-refractivity contribution < 1.29 is 0 Å². The van der Waals surface area contributed by atoms with Crippen molar-refractivity contribution in [2.24, 2.45) is 0 Å². The summed E-state index contributed by atoms with van der Waals surface area (Å²) in [5, 5.41) is 0. The summed E-state index contributed by atoms with van der Waals surface area (Å²) in [6.45, 7) is 5.61. The monoisotopic (exact) mass is 164 g/mol. The summed E-state index contributed by atoms with van der Waals surface area (Å²) in [6.07, 6.45) is 5.93. The van der Waals surface area contributed by atoms with Crippen LogP contribution in [0.25, 0.3) is 0 Å². The second kappa shape index (κ2) is 2.92. The Kier molecular flexibility index (Phi) is 1.91. The zero-order chi connectivity index (χ0) is 8.55. The zero-order valence-corrected chi connectivity index (χ0v) is 7.88. The van der Waals surface area contributed by atoms with Gasteiger partial charge in [-0.25, -0.2) is 4.98 Å². The van der Waals surface area contributed by atoms with E-state index in [0.717, 1.165) is 0 Å².